The Labute approximate surface area is 97.8 Å². The molecular formula is C11H16F3N3. The minimum Gasteiger partial charge on any atom is -0.338 e. The molecule has 6 heteroatoms. The van der Waals surface area contributed by atoms with Crippen LogP contribution in [0.1, 0.15) is 36.5 Å². The highest BCUT2D eigenvalue weighted by Crippen LogP contribution is 2.28. The molecule has 1 aromatic rings. The van der Waals surface area contributed by atoms with Crippen LogP contribution >= 0.6 is 0 Å². The number of aryl methyl sites for hydroxylation is 1. The van der Waals surface area contributed by atoms with E-state index in [0.29, 0.717) is 17.8 Å². The third kappa shape index (κ3) is 3.00. The number of H-pyrrole nitrogens is 1. The number of imidazole rings is 1. The zero-order chi connectivity index (χ0) is 12.5. The summed E-state index contributed by atoms with van der Waals surface area (Å²) >= 11 is 0. The van der Waals surface area contributed by atoms with Gasteiger partial charge < -0.3 is 10.3 Å². The summed E-state index contributed by atoms with van der Waals surface area (Å²) in [6, 6.07) is 0.256. The van der Waals surface area contributed by atoms with Crippen molar-refractivity contribution in [1.29, 1.82) is 0 Å². The largest absolute Gasteiger partial charge is 0.449 e. The molecule has 1 aliphatic rings. The Balaban J connectivity index is 2.07. The standard InChI is InChI=1S/C11H16F3N3/c1-7-9(6-8-4-2-3-5-15-8)17-10(16-7)11(12,13)14/h8,15H,2-6H2,1H3,(H,16,17). The van der Waals surface area contributed by atoms with Crippen LogP contribution in [-0.4, -0.2) is 22.6 Å². The van der Waals surface area contributed by atoms with E-state index in [2.05, 4.69) is 15.3 Å². The van der Waals surface area contributed by atoms with Crippen molar-refractivity contribution in [2.45, 2.75) is 44.8 Å². The monoisotopic (exact) mass is 247 g/mol. The van der Waals surface area contributed by atoms with Gasteiger partial charge >= 0.3 is 6.18 Å². The van der Waals surface area contributed by atoms with Crippen LogP contribution in [0.3, 0.4) is 0 Å². The van der Waals surface area contributed by atoms with E-state index in [0.717, 1.165) is 25.8 Å². The first-order chi connectivity index (χ1) is 7.97. The number of nitrogens with zero attached hydrogens (tertiary/aromatic N) is 1. The molecular weight excluding hydrogens is 231 g/mol. The molecule has 3 nitrogen and oxygen atoms in total. The van der Waals surface area contributed by atoms with Gasteiger partial charge in [-0.15, -0.1) is 0 Å². The number of nitrogens with one attached hydrogen (secondary N) is 2. The van der Waals surface area contributed by atoms with Crippen LogP contribution in [0.15, 0.2) is 0 Å². The van der Waals surface area contributed by atoms with Gasteiger partial charge in [-0.2, -0.15) is 13.2 Å². The molecule has 0 radical (unpaired) electrons. The van der Waals surface area contributed by atoms with Crippen molar-refractivity contribution in [3.05, 3.63) is 17.2 Å². The fourth-order valence-corrected chi connectivity index (χ4v) is 2.16. The van der Waals surface area contributed by atoms with Crippen LogP contribution in [-0.2, 0) is 12.6 Å². The fraction of sp³-hybridized carbons (Fsp3) is 0.727. The van der Waals surface area contributed by atoms with Crippen molar-refractivity contribution in [2.75, 3.05) is 6.54 Å². The summed E-state index contributed by atoms with van der Waals surface area (Å²) in [5.41, 5.74) is 1.04. The SMILES string of the molecule is Cc1[nH]c(C(F)(F)F)nc1CC1CCCCN1. The van der Waals surface area contributed by atoms with Gasteiger partial charge in [0.2, 0.25) is 5.82 Å². The quantitative estimate of drug-likeness (QED) is 0.842. The fourth-order valence-electron chi connectivity index (χ4n) is 2.16. The van der Waals surface area contributed by atoms with Crippen molar-refractivity contribution in [2.24, 2.45) is 0 Å². The van der Waals surface area contributed by atoms with Crippen LogP contribution in [0.2, 0.25) is 0 Å². The van der Waals surface area contributed by atoms with E-state index in [1.165, 1.54) is 0 Å². The number of hydrogen-bond donors (Lipinski definition) is 2. The third-order valence-corrected chi connectivity index (χ3v) is 3.11. The first-order valence-corrected chi connectivity index (χ1v) is 5.83. The highest BCUT2D eigenvalue weighted by molar-refractivity contribution is 5.16. The van der Waals surface area contributed by atoms with Gasteiger partial charge in [0.05, 0.1) is 5.69 Å². The van der Waals surface area contributed by atoms with Crippen LogP contribution < -0.4 is 5.32 Å². The zero-order valence-electron chi connectivity index (χ0n) is 9.69. The molecule has 1 fully saturated rings. The molecule has 96 valence electrons. The lowest BCUT2D eigenvalue weighted by Crippen LogP contribution is -2.35. The number of hydrogen-bond acceptors (Lipinski definition) is 2. The molecule has 1 unspecified atom stereocenters. The molecule has 2 heterocycles. The molecule has 0 spiro atoms. The second kappa shape index (κ2) is 4.68. The highest BCUT2D eigenvalue weighted by atomic mass is 19.4. The molecule has 1 atom stereocenters. The van der Waals surface area contributed by atoms with E-state index < -0.39 is 12.0 Å². The third-order valence-electron chi connectivity index (χ3n) is 3.11. The van der Waals surface area contributed by atoms with Crippen molar-refractivity contribution in [1.82, 2.24) is 15.3 Å². The minimum atomic E-state index is -4.39. The topological polar surface area (TPSA) is 40.7 Å². The predicted molar refractivity (Wildman–Crippen MR) is 57.7 cm³/mol. The second-order valence-electron chi connectivity index (χ2n) is 4.51. The summed E-state index contributed by atoms with van der Waals surface area (Å²) in [4.78, 5) is 5.96. The summed E-state index contributed by atoms with van der Waals surface area (Å²) in [5.74, 6) is -0.888. The number of aromatic amines is 1. The highest BCUT2D eigenvalue weighted by Gasteiger charge is 2.35. The van der Waals surface area contributed by atoms with Crippen LogP contribution in [0.25, 0.3) is 0 Å². The Bertz CT molecular complexity index is 378. The van der Waals surface area contributed by atoms with Crippen molar-refractivity contribution >= 4 is 0 Å². The van der Waals surface area contributed by atoms with Crippen LogP contribution in [0.5, 0.6) is 0 Å². The molecule has 0 aliphatic carbocycles. The maximum Gasteiger partial charge on any atom is 0.449 e. The Kier molecular flexibility index (Phi) is 3.42. The Morgan fingerprint density at radius 1 is 1.35 bits per heavy atom. The molecule has 2 N–H and O–H groups in total. The van der Waals surface area contributed by atoms with Crippen molar-refractivity contribution in [3.63, 3.8) is 0 Å². The van der Waals surface area contributed by atoms with E-state index in [-0.39, 0.29) is 6.04 Å². The first-order valence-electron chi connectivity index (χ1n) is 5.83. The zero-order valence-corrected chi connectivity index (χ0v) is 9.69. The maximum absolute atomic E-state index is 12.5. The number of aromatic nitrogens is 2. The van der Waals surface area contributed by atoms with Crippen LogP contribution in [0.4, 0.5) is 13.2 Å². The van der Waals surface area contributed by atoms with E-state index in [1.807, 2.05) is 0 Å². The molecule has 0 saturated carbocycles. The molecule has 0 aromatic carbocycles. The van der Waals surface area contributed by atoms with Gasteiger partial charge in [0.15, 0.2) is 0 Å². The van der Waals surface area contributed by atoms with Crippen molar-refractivity contribution < 1.29 is 13.2 Å². The molecule has 0 amide bonds. The minimum absolute atomic E-state index is 0.256. The van der Waals surface area contributed by atoms with Gasteiger partial charge in [-0.25, -0.2) is 4.98 Å². The molecule has 1 aliphatic heterocycles. The van der Waals surface area contributed by atoms with E-state index in [1.54, 1.807) is 6.92 Å². The first kappa shape index (κ1) is 12.4. The molecule has 1 aromatic heterocycles. The Hall–Kier alpha value is -1.04. The van der Waals surface area contributed by atoms with Gasteiger partial charge in [0.1, 0.15) is 0 Å². The molecule has 1 saturated heterocycles. The normalized spacial score (nSPS) is 21.8. The Morgan fingerprint density at radius 2 is 2.12 bits per heavy atom. The lowest BCUT2D eigenvalue weighted by Gasteiger charge is -2.22. The summed E-state index contributed by atoms with van der Waals surface area (Å²) < 4.78 is 37.4. The summed E-state index contributed by atoms with van der Waals surface area (Å²) in [7, 11) is 0. The Morgan fingerprint density at radius 3 is 2.65 bits per heavy atom. The number of alkyl halides is 3. The van der Waals surface area contributed by atoms with Crippen LogP contribution in [0, 0.1) is 6.92 Å². The van der Waals surface area contributed by atoms with Gasteiger partial charge in [-0.1, -0.05) is 6.42 Å². The van der Waals surface area contributed by atoms with E-state index >= 15 is 0 Å². The van der Waals surface area contributed by atoms with Gasteiger partial charge in [0.25, 0.3) is 0 Å². The lowest BCUT2D eigenvalue weighted by atomic mass is 10.00. The van der Waals surface area contributed by atoms with E-state index in [9.17, 15) is 13.2 Å². The summed E-state index contributed by atoms with van der Waals surface area (Å²) in [6.45, 7) is 2.58. The lowest BCUT2D eigenvalue weighted by molar-refractivity contribution is -0.144. The van der Waals surface area contributed by atoms with Gasteiger partial charge in [-0.05, 0) is 26.3 Å². The number of halogens is 3. The van der Waals surface area contributed by atoms with Crippen molar-refractivity contribution in [3.8, 4) is 0 Å². The van der Waals surface area contributed by atoms with Gasteiger partial charge in [-0.3, -0.25) is 0 Å². The summed E-state index contributed by atoms with van der Waals surface area (Å²) in [6.07, 6.45) is -0.536. The van der Waals surface area contributed by atoms with E-state index in [4.69, 9.17) is 0 Å². The predicted octanol–water partition coefficient (Wildman–Crippen LogP) is 2.42. The smallest absolute Gasteiger partial charge is 0.338 e. The molecule has 2 rings (SSSR count). The number of rotatable bonds is 2. The number of piperidine rings is 1. The molecule has 17 heavy (non-hydrogen) atoms. The maximum atomic E-state index is 12.5. The summed E-state index contributed by atoms with van der Waals surface area (Å²) in [5, 5.41) is 3.31. The average molecular weight is 247 g/mol. The average Bonchev–Trinajstić information content (AvgIpc) is 2.62. The second-order valence-corrected chi connectivity index (χ2v) is 4.51. The molecule has 0 bridgehead atoms. The van der Waals surface area contributed by atoms with Gasteiger partial charge in [0, 0.05) is 18.2 Å².